The maximum Gasteiger partial charge on any atom is 0.312 e. The number of ether oxygens (including phenoxy) is 1. The minimum Gasteiger partial charge on any atom is -0.377 e. The summed E-state index contributed by atoms with van der Waals surface area (Å²) in [4.78, 5) is 10.3. The minimum atomic E-state index is -0.475. The first kappa shape index (κ1) is 10.3. The van der Waals surface area contributed by atoms with Gasteiger partial charge in [-0.05, 0) is 13.3 Å². The zero-order valence-electron chi connectivity index (χ0n) is 7.88. The van der Waals surface area contributed by atoms with Crippen molar-refractivity contribution in [2.45, 2.75) is 25.5 Å². The zero-order valence-corrected chi connectivity index (χ0v) is 7.88. The first-order valence-corrected chi connectivity index (χ1v) is 4.58. The maximum atomic E-state index is 10.3. The van der Waals surface area contributed by atoms with Crippen LogP contribution in [0.25, 0.3) is 0 Å². The van der Waals surface area contributed by atoms with Crippen LogP contribution in [0.3, 0.4) is 0 Å². The topological polar surface area (TPSA) is 76.4 Å². The normalized spacial score (nSPS) is 27.5. The Hall–Kier alpha value is -0.810. The van der Waals surface area contributed by atoms with Gasteiger partial charge in [0.2, 0.25) is 0 Å². The predicted molar refractivity (Wildman–Crippen MR) is 49.4 cm³/mol. The van der Waals surface area contributed by atoms with Crippen molar-refractivity contribution in [1.82, 2.24) is 10.6 Å². The van der Waals surface area contributed by atoms with Crippen molar-refractivity contribution < 1.29 is 9.53 Å². The molecule has 13 heavy (non-hydrogen) atoms. The van der Waals surface area contributed by atoms with Crippen LogP contribution in [0.4, 0.5) is 4.79 Å². The molecule has 1 saturated heterocycles. The SMILES string of the molecule is CC1OCCC1NCCNC(N)=O. The number of hydrogen-bond acceptors (Lipinski definition) is 3. The molecule has 0 aromatic heterocycles. The van der Waals surface area contributed by atoms with Crippen molar-refractivity contribution in [2.75, 3.05) is 19.7 Å². The summed E-state index contributed by atoms with van der Waals surface area (Å²) < 4.78 is 5.37. The molecule has 0 saturated carbocycles. The van der Waals surface area contributed by atoms with E-state index in [4.69, 9.17) is 10.5 Å². The summed E-state index contributed by atoms with van der Waals surface area (Å²) in [6, 6.07) is -0.0628. The van der Waals surface area contributed by atoms with Gasteiger partial charge in [0.15, 0.2) is 0 Å². The Bertz CT molecular complexity index is 175. The van der Waals surface area contributed by atoms with Crippen molar-refractivity contribution in [3.05, 3.63) is 0 Å². The molecule has 0 aromatic carbocycles. The predicted octanol–water partition coefficient (Wildman–Crippen LogP) is -0.578. The van der Waals surface area contributed by atoms with Crippen molar-refractivity contribution in [2.24, 2.45) is 5.73 Å². The molecule has 0 bridgehead atoms. The van der Waals surface area contributed by atoms with Crippen LogP contribution in [0.15, 0.2) is 0 Å². The largest absolute Gasteiger partial charge is 0.377 e. The second kappa shape index (κ2) is 5.04. The van der Waals surface area contributed by atoms with E-state index < -0.39 is 6.03 Å². The quantitative estimate of drug-likeness (QED) is 0.515. The van der Waals surface area contributed by atoms with Crippen LogP contribution < -0.4 is 16.4 Å². The Morgan fingerprint density at radius 3 is 2.92 bits per heavy atom. The van der Waals surface area contributed by atoms with Gasteiger partial charge in [-0.3, -0.25) is 0 Å². The standard InChI is InChI=1S/C8H17N3O2/c1-6-7(2-5-13-6)10-3-4-11-8(9)12/h6-7,10H,2-5H2,1H3,(H3,9,11,12). The fourth-order valence-electron chi connectivity index (χ4n) is 1.44. The van der Waals surface area contributed by atoms with Crippen molar-refractivity contribution in [1.29, 1.82) is 0 Å². The lowest BCUT2D eigenvalue weighted by Crippen LogP contribution is -2.41. The molecule has 2 unspecified atom stereocenters. The van der Waals surface area contributed by atoms with Crippen molar-refractivity contribution in [3.63, 3.8) is 0 Å². The number of amides is 2. The van der Waals surface area contributed by atoms with Crippen molar-refractivity contribution in [3.8, 4) is 0 Å². The van der Waals surface area contributed by atoms with Crippen molar-refractivity contribution >= 4 is 6.03 Å². The summed E-state index contributed by atoms with van der Waals surface area (Å²) in [5.74, 6) is 0. The van der Waals surface area contributed by atoms with E-state index in [1.165, 1.54) is 0 Å². The molecule has 5 nitrogen and oxygen atoms in total. The Balaban J connectivity index is 2.02. The molecule has 2 amide bonds. The summed E-state index contributed by atoms with van der Waals surface area (Å²) in [5, 5.41) is 5.81. The molecule has 76 valence electrons. The first-order chi connectivity index (χ1) is 6.20. The lowest BCUT2D eigenvalue weighted by molar-refractivity contribution is 0.113. The Labute approximate surface area is 78.0 Å². The molecule has 0 aliphatic carbocycles. The fourth-order valence-corrected chi connectivity index (χ4v) is 1.44. The molecule has 0 radical (unpaired) electrons. The molecule has 1 heterocycles. The summed E-state index contributed by atoms with van der Waals surface area (Å²) in [7, 11) is 0. The van der Waals surface area contributed by atoms with Gasteiger partial charge in [-0.2, -0.15) is 0 Å². The lowest BCUT2D eigenvalue weighted by Gasteiger charge is -2.15. The van der Waals surface area contributed by atoms with Gasteiger partial charge in [0.1, 0.15) is 0 Å². The van der Waals surface area contributed by atoms with E-state index >= 15 is 0 Å². The summed E-state index contributed by atoms with van der Waals surface area (Å²) >= 11 is 0. The van der Waals surface area contributed by atoms with E-state index in [-0.39, 0.29) is 6.10 Å². The van der Waals surface area contributed by atoms with Gasteiger partial charge >= 0.3 is 6.03 Å². The van der Waals surface area contributed by atoms with Gasteiger partial charge in [-0.15, -0.1) is 0 Å². The number of urea groups is 1. The van der Waals surface area contributed by atoms with Gasteiger partial charge in [-0.1, -0.05) is 0 Å². The van der Waals surface area contributed by atoms with E-state index in [9.17, 15) is 4.79 Å². The monoisotopic (exact) mass is 187 g/mol. The first-order valence-electron chi connectivity index (χ1n) is 4.58. The van der Waals surface area contributed by atoms with Gasteiger partial charge in [0.05, 0.1) is 6.10 Å². The second-order valence-corrected chi connectivity index (χ2v) is 3.22. The smallest absolute Gasteiger partial charge is 0.312 e. The van der Waals surface area contributed by atoms with Crippen LogP contribution in [0, 0.1) is 0 Å². The van der Waals surface area contributed by atoms with Crippen LogP contribution in [-0.2, 0) is 4.74 Å². The van der Waals surface area contributed by atoms with Gasteiger partial charge in [-0.25, -0.2) is 4.79 Å². The number of carbonyl (C=O) groups is 1. The number of primary amides is 1. The summed E-state index contributed by atoms with van der Waals surface area (Å²) in [5.41, 5.74) is 4.91. The summed E-state index contributed by atoms with van der Waals surface area (Å²) in [6.07, 6.45) is 1.31. The van der Waals surface area contributed by atoms with Gasteiger partial charge < -0.3 is 21.1 Å². The van der Waals surface area contributed by atoms with E-state index in [2.05, 4.69) is 10.6 Å². The van der Waals surface area contributed by atoms with Crippen LogP contribution in [0.5, 0.6) is 0 Å². The van der Waals surface area contributed by atoms with E-state index in [0.29, 0.717) is 12.6 Å². The molecule has 2 atom stereocenters. The summed E-state index contributed by atoms with van der Waals surface area (Å²) in [6.45, 7) is 4.17. The average Bonchev–Trinajstić information content (AvgIpc) is 2.45. The van der Waals surface area contributed by atoms with E-state index in [1.54, 1.807) is 0 Å². The fraction of sp³-hybridized carbons (Fsp3) is 0.875. The van der Waals surface area contributed by atoms with Gasteiger partial charge in [0, 0.05) is 25.7 Å². The zero-order chi connectivity index (χ0) is 9.68. The highest BCUT2D eigenvalue weighted by Gasteiger charge is 2.22. The molecule has 1 rings (SSSR count). The highest BCUT2D eigenvalue weighted by atomic mass is 16.5. The number of carbonyl (C=O) groups excluding carboxylic acids is 1. The molecule has 0 spiro atoms. The minimum absolute atomic E-state index is 0.272. The third kappa shape index (κ3) is 3.61. The Kier molecular flexibility index (Phi) is 3.98. The molecule has 1 fully saturated rings. The molecule has 1 aliphatic rings. The number of nitrogens with one attached hydrogen (secondary N) is 2. The lowest BCUT2D eigenvalue weighted by atomic mass is 10.1. The third-order valence-corrected chi connectivity index (χ3v) is 2.21. The molecular formula is C8H17N3O2. The molecular weight excluding hydrogens is 170 g/mol. The maximum absolute atomic E-state index is 10.3. The molecule has 1 aliphatic heterocycles. The Morgan fingerprint density at radius 2 is 2.38 bits per heavy atom. The average molecular weight is 187 g/mol. The molecule has 0 aromatic rings. The van der Waals surface area contributed by atoms with Crippen LogP contribution in [0.2, 0.25) is 0 Å². The van der Waals surface area contributed by atoms with E-state index in [0.717, 1.165) is 19.6 Å². The second-order valence-electron chi connectivity index (χ2n) is 3.22. The highest BCUT2D eigenvalue weighted by molar-refractivity contribution is 5.71. The van der Waals surface area contributed by atoms with E-state index in [1.807, 2.05) is 6.92 Å². The third-order valence-electron chi connectivity index (χ3n) is 2.21. The Morgan fingerprint density at radius 1 is 1.62 bits per heavy atom. The van der Waals surface area contributed by atoms with Crippen LogP contribution in [-0.4, -0.2) is 37.9 Å². The van der Waals surface area contributed by atoms with Crippen LogP contribution in [0.1, 0.15) is 13.3 Å². The van der Waals surface area contributed by atoms with Gasteiger partial charge in [0.25, 0.3) is 0 Å². The number of hydrogen-bond donors (Lipinski definition) is 3. The highest BCUT2D eigenvalue weighted by Crippen LogP contribution is 2.11. The number of rotatable bonds is 4. The van der Waals surface area contributed by atoms with Crippen LogP contribution >= 0.6 is 0 Å². The molecule has 4 N–H and O–H groups in total. The molecule has 5 heteroatoms. The number of nitrogens with two attached hydrogens (primary N) is 1.